The number of aliphatic hydroxyl groups is 1. The van der Waals surface area contributed by atoms with E-state index in [1.807, 2.05) is 0 Å². The molecule has 0 fully saturated rings. The molecule has 0 aromatic rings. The molecule has 0 aromatic carbocycles. The van der Waals surface area contributed by atoms with Gasteiger partial charge >= 0.3 is 0 Å². The molecule has 0 saturated carbocycles. The molecule has 0 bridgehead atoms. The average molecular weight is 523 g/mol. The SMILES string of the molecule is CCCCCCCCCCCCCCCCCC(=O)CCCCCCCCCCCCCCCCCO. The van der Waals surface area contributed by atoms with Gasteiger partial charge in [-0.15, -0.1) is 0 Å². The second-order valence-corrected chi connectivity index (χ2v) is 12.0. The number of carbonyl (C=O) groups excluding carboxylic acids is 1. The van der Waals surface area contributed by atoms with Gasteiger partial charge in [-0.3, -0.25) is 4.79 Å². The molecular weight excluding hydrogens is 452 g/mol. The predicted octanol–water partition coefficient (Wildman–Crippen LogP) is 12.1. The summed E-state index contributed by atoms with van der Waals surface area (Å²) < 4.78 is 0. The van der Waals surface area contributed by atoms with Crippen molar-refractivity contribution in [2.24, 2.45) is 0 Å². The lowest BCUT2D eigenvalue weighted by molar-refractivity contribution is -0.119. The van der Waals surface area contributed by atoms with Gasteiger partial charge in [-0.2, -0.15) is 0 Å². The Kier molecular flexibility index (Phi) is 33.3. The highest BCUT2D eigenvalue weighted by atomic mass is 16.2. The maximum atomic E-state index is 12.1. The van der Waals surface area contributed by atoms with Crippen molar-refractivity contribution in [1.29, 1.82) is 0 Å². The molecule has 0 atom stereocenters. The summed E-state index contributed by atoms with van der Waals surface area (Å²) in [4.78, 5) is 12.1. The van der Waals surface area contributed by atoms with Crippen molar-refractivity contribution in [1.82, 2.24) is 0 Å². The summed E-state index contributed by atoms with van der Waals surface area (Å²) in [7, 11) is 0. The summed E-state index contributed by atoms with van der Waals surface area (Å²) in [5.41, 5.74) is 0. The van der Waals surface area contributed by atoms with E-state index in [0.29, 0.717) is 12.4 Å². The average Bonchev–Trinajstić information content (AvgIpc) is 2.90. The monoisotopic (exact) mass is 523 g/mol. The van der Waals surface area contributed by atoms with Crippen molar-refractivity contribution >= 4 is 5.78 Å². The molecule has 0 aromatic heterocycles. The van der Waals surface area contributed by atoms with Gasteiger partial charge in [0.2, 0.25) is 0 Å². The van der Waals surface area contributed by atoms with Crippen LogP contribution < -0.4 is 0 Å². The number of Topliss-reactive ketones (excluding diaryl/α,β-unsaturated/α-hetero) is 1. The zero-order chi connectivity index (χ0) is 26.9. The van der Waals surface area contributed by atoms with Gasteiger partial charge in [0.1, 0.15) is 5.78 Å². The van der Waals surface area contributed by atoms with Crippen LogP contribution in [0, 0.1) is 0 Å². The van der Waals surface area contributed by atoms with E-state index >= 15 is 0 Å². The fourth-order valence-corrected chi connectivity index (χ4v) is 5.55. The lowest BCUT2D eigenvalue weighted by Gasteiger charge is -2.04. The summed E-state index contributed by atoms with van der Waals surface area (Å²) in [5, 5.41) is 8.78. The third kappa shape index (κ3) is 33.6. The van der Waals surface area contributed by atoms with Crippen LogP contribution in [0.5, 0.6) is 0 Å². The molecule has 0 aliphatic carbocycles. The molecule has 0 aliphatic heterocycles. The summed E-state index contributed by atoms with van der Waals surface area (Å²) in [5.74, 6) is 0.517. The minimum Gasteiger partial charge on any atom is -0.396 e. The van der Waals surface area contributed by atoms with Crippen LogP contribution in [0.3, 0.4) is 0 Å². The fraction of sp³-hybridized carbons (Fsp3) is 0.971. The zero-order valence-electron chi connectivity index (χ0n) is 25.7. The number of aliphatic hydroxyl groups excluding tert-OH is 1. The Bertz CT molecular complexity index is 419. The predicted molar refractivity (Wildman–Crippen MR) is 166 cm³/mol. The van der Waals surface area contributed by atoms with E-state index in [9.17, 15) is 4.79 Å². The van der Waals surface area contributed by atoms with Crippen LogP contribution in [0.25, 0.3) is 0 Å². The summed E-state index contributed by atoms with van der Waals surface area (Å²) in [6, 6.07) is 0. The second-order valence-electron chi connectivity index (χ2n) is 12.0. The Hall–Kier alpha value is -0.370. The molecule has 0 unspecified atom stereocenters. The Labute approximate surface area is 234 Å². The van der Waals surface area contributed by atoms with E-state index in [4.69, 9.17) is 5.11 Å². The lowest BCUT2D eigenvalue weighted by atomic mass is 10.0. The number of rotatable bonds is 33. The van der Waals surface area contributed by atoms with Crippen LogP contribution in [-0.4, -0.2) is 17.5 Å². The van der Waals surface area contributed by atoms with E-state index in [1.165, 1.54) is 173 Å². The second kappa shape index (κ2) is 33.7. The quantitative estimate of drug-likeness (QED) is 0.0870. The minimum absolute atomic E-state index is 0.359. The highest BCUT2D eigenvalue weighted by Crippen LogP contribution is 2.16. The van der Waals surface area contributed by atoms with E-state index in [-0.39, 0.29) is 0 Å². The topological polar surface area (TPSA) is 37.3 Å². The lowest BCUT2D eigenvalue weighted by Crippen LogP contribution is -1.97. The van der Waals surface area contributed by atoms with Crippen LogP contribution in [0.2, 0.25) is 0 Å². The zero-order valence-corrected chi connectivity index (χ0v) is 25.7. The van der Waals surface area contributed by atoms with Gasteiger partial charge < -0.3 is 5.11 Å². The third-order valence-corrected chi connectivity index (χ3v) is 8.17. The summed E-state index contributed by atoms with van der Waals surface area (Å²) >= 11 is 0. The Balaban J connectivity index is 3.14. The molecule has 0 saturated heterocycles. The largest absolute Gasteiger partial charge is 0.396 e. The van der Waals surface area contributed by atoms with Crippen molar-refractivity contribution in [3.8, 4) is 0 Å². The molecule has 0 radical (unpaired) electrons. The summed E-state index contributed by atoms with van der Waals surface area (Å²) in [6.45, 7) is 2.65. The van der Waals surface area contributed by atoms with E-state index in [2.05, 4.69) is 6.92 Å². The van der Waals surface area contributed by atoms with E-state index in [0.717, 1.165) is 32.1 Å². The Morgan fingerprint density at radius 2 is 0.568 bits per heavy atom. The molecule has 0 aliphatic rings. The Morgan fingerprint density at radius 3 is 0.811 bits per heavy atom. The number of unbranched alkanes of at least 4 members (excludes halogenated alkanes) is 28. The van der Waals surface area contributed by atoms with Crippen LogP contribution in [0.1, 0.15) is 212 Å². The third-order valence-electron chi connectivity index (χ3n) is 8.17. The number of ketones is 1. The molecule has 0 heterocycles. The molecular formula is C35H70O2. The smallest absolute Gasteiger partial charge is 0.132 e. The first kappa shape index (κ1) is 36.6. The van der Waals surface area contributed by atoms with Gasteiger partial charge in [0, 0.05) is 19.4 Å². The van der Waals surface area contributed by atoms with Crippen LogP contribution >= 0.6 is 0 Å². The van der Waals surface area contributed by atoms with Gasteiger partial charge in [0.25, 0.3) is 0 Å². The highest BCUT2D eigenvalue weighted by Gasteiger charge is 2.02. The number of hydrogen-bond acceptors (Lipinski definition) is 2. The standard InChI is InChI=1S/C35H70O2/c1-2-3-4-5-6-7-8-9-11-14-17-20-23-26-29-32-35(37)33-30-27-24-21-18-15-12-10-13-16-19-22-25-28-31-34-36/h36H,2-34H2,1H3. The first-order valence-corrected chi connectivity index (χ1v) is 17.4. The van der Waals surface area contributed by atoms with Gasteiger partial charge in [-0.1, -0.05) is 180 Å². The minimum atomic E-state index is 0.359. The molecule has 0 amide bonds. The van der Waals surface area contributed by atoms with Gasteiger partial charge in [-0.25, -0.2) is 0 Å². The molecule has 2 heteroatoms. The molecule has 222 valence electrons. The first-order chi connectivity index (χ1) is 18.3. The number of carbonyl (C=O) groups is 1. The molecule has 0 rings (SSSR count). The highest BCUT2D eigenvalue weighted by molar-refractivity contribution is 5.78. The molecule has 2 nitrogen and oxygen atoms in total. The summed E-state index contributed by atoms with van der Waals surface area (Å²) in [6.07, 6.45) is 42.1. The Morgan fingerprint density at radius 1 is 0.351 bits per heavy atom. The van der Waals surface area contributed by atoms with Crippen LogP contribution in [0.15, 0.2) is 0 Å². The van der Waals surface area contributed by atoms with Crippen molar-refractivity contribution in [2.75, 3.05) is 6.61 Å². The normalized spacial score (nSPS) is 11.4. The molecule has 0 spiro atoms. The van der Waals surface area contributed by atoms with Crippen LogP contribution in [0.4, 0.5) is 0 Å². The van der Waals surface area contributed by atoms with E-state index < -0.39 is 0 Å². The van der Waals surface area contributed by atoms with Gasteiger partial charge in [-0.05, 0) is 19.3 Å². The van der Waals surface area contributed by atoms with Crippen molar-refractivity contribution in [3.05, 3.63) is 0 Å². The maximum Gasteiger partial charge on any atom is 0.132 e. The van der Waals surface area contributed by atoms with Gasteiger partial charge in [0.15, 0.2) is 0 Å². The van der Waals surface area contributed by atoms with Crippen molar-refractivity contribution in [2.45, 2.75) is 212 Å². The van der Waals surface area contributed by atoms with Crippen molar-refractivity contribution in [3.63, 3.8) is 0 Å². The molecule has 1 N–H and O–H groups in total. The van der Waals surface area contributed by atoms with E-state index in [1.54, 1.807) is 0 Å². The number of hydrogen-bond donors (Lipinski definition) is 1. The fourth-order valence-electron chi connectivity index (χ4n) is 5.55. The van der Waals surface area contributed by atoms with Gasteiger partial charge in [0.05, 0.1) is 0 Å². The van der Waals surface area contributed by atoms with Crippen molar-refractivity contribution < 1.29 is 9.90 Å². The van der Waals surface area contributed by atoms with Crippen LogP contribution in [-0.2, 0) is 4.79 Å². The maximum absolute atomic E-state index is 12.1. The molecule has 37 heavy (non-hydrogen) atoms. The first-order valence-electron chi connectivity index (χ1n) is 17.4.